The van der Waals surface area contributed by atoms with Gasteiger partial charge in [0.25, 0.3) is 0 Å². The predicted octanol–water partition coefficient (Wildman–Crippen LogP) is 4.14. The molecule has 0 aliphatic heterocycles. The van der Waals surface area contributed by atoms with Crippen LogP contribution in [0.25, 0.3) is 0 Å². The first-order valence-electron chi connectivity index (χ1n) is 8.76. The lowest BCUT2D eigenvalue weighted by Crippen LogP contribution is -2.35. The summed E-state index contributed by atoms with van der Waals surface area (Å²) in [5.41, 5.74) is 8.13. The van der Waals surface area contributed by atoms with Crippen LogP contribution in [0, 0.1) is 11.3 Å². The van der Waals surface area contributed by atoms with Gasteiger partial charge < -0.3 is 20.9 Å². The standard InChI is InChI=1S/C19H30N2O3/c1-13-9-14(12-19(2,3)11-13)21-17-7-6-15(10-16(17)20)24-8-4-5-18(22)23/h6-7,10,13-14,21H,4-5,8-9,11-12,20H2,1-3H3,(H,22,23)/t13-,14+/m1/s1. The van der Waals surface area contributed by atoms with Gasteiger partial charge in [0.1, 0.15) is 5.75 Å². The first kappa shape index (κ1) is 18.4. The van der Waals surface area contributed by atoms with E-state index in [1.165, 1.54) is 6.42 Å². The zero-order valence-corrected chi connectivity index (χ0v) is 15.0. The Bertz CT molecular complexity index is 572. The molecule has 5 nitrogen and oxygen atoms in total. The lowest BCUT2D eigenvalue weighted by molar-refractivity contribution is -0.137. The first-order chi connectivity index (χ1) is 11.2. The number of hydrogen-bond donors (Lipinski definition) is 3. The van der Waals surface area contributed by atoms with Gasteiger partial charge in [-0.2, -0.15) is 0 Å². The molecular weight excluding hydrogens is 304 g/mol. The van der Waals surface area contributed by atoms with Gasteiger partial charge in [0, 0.05) is 18.5 Å². The molecule has 0 amide bonds. The molecule has 1 fully saturated rings. The third kappa shape index (κ3) is 5.62. The zero-order valence-electron chi connectivity index (χ0n) is 15.0. The maximum absolute atomic E-state index is 10.5. The summed E-state index contributed by atoms with van der Waals surface area (Å²) in [4.78, 5) is 10.5. The molecule has 0 saturated heterocycles. The molecule has 2 rings (SSSR count). The minimum absolute atomic E-state index is 0.116. The van der Waals surface area contributed by atoms with Crippen LogP contribution in [0.3, 0.4) is 0 Å². The largest absolute Gasteiger partial charge is 0.494 e. The third-order valence-corrected chi connectivity index (χ3v) is 4.57. The minimum Gasteiger partial charge on any atom is -0.494 e. The summed E-state index contributed by atoms with van der Waals surface area (Å²) in [7, 11) is 0. The molecule has 4 N–H and O–H groups in total. The van der Waals surface area contributed by atoms with Crippen LogP contribution in [-0.2, 0) is 4.79 Å². The fourth-order valence-electron chi connectivity index (χ4n) is 3.85. The minimum atomic E-state index is -0.803. The summed E-state index contributed by atoms with van der Waals surface area (Å²) >= 11 is 0. The fourth-order valence-corrected chi connectivity index (χ4v) is 3.85. The van der Waals surface area contributed by atoms with Gasteiger partial charge >= 0.3 is 5.97 Å². The highest BCUT2D eigenvalue weighted by atomic mass is 16.5. The number of nitrogen functional groups attached to an aromatic ring is 1. The van der Waals surface area contributed by atoms with Crippen molar-refractivity contribution in [1.82, 2.24) is 0 Å². The van der Waals surface area contributed by atoms with E-state index in [0.29, 0.717) is 41.8 Å². The van der Waals surface area contributed by atoms with Crippen molar-refractivity contribution >= 4 is 17.3 Å². The second-order valence-corrected chi connectivity index (χ2v) is 7.85. The molecule has 1 aliphatic rings. The number of benzene rings is 1. The van der Waals surface area contributed by atoms with Crippen molar-refractivity contribution < 1.29 is 14.6 Å². The Labute approximate surface area is 144 Å². The topological polar surface area (TPSA) is 84.6 Å². The van der Waals surface area contributed by atoms with Crippen LogP contribution in [-0.4, -0.2) is 23.7 Å². The lowest BCUT2D eigenvalue weighted by Gasteiger charge is -2.39. The van der Waals surface area contributed by atoms with Gasteiger partial charge in [-0.3, -0.25) is 4.79 Å². The molecule has 2 atom stereocenters. The molecule has 0 aromatic heterocycles. The number of carboxylic acids is 1. The Kier molecular flexibility index (Phi) is 5.97. The Morgan fingerprint density at radius 3 is 2.79 bits per heavy atom. The molecule has 24 heavy (non-hydrogen) atoms. The Balaban J connectivity index is 1.91. The molecular formula is C19H30N2O3. The number of rotatable bonds is 7. The normalized spacial score (nSPS) is 22.8. The number of carboxylic acid groups (broad SMARTS) is 1. The van der Waals surface area contributed by atoms with E-state index in [4.69, 9.17) is 15.6 Å². The highest BCUT2D eigenvalue weighted by molar-refractivity contribution is 5.68. The highest BCUT2D eigenvalue weighted by Gasteiger charge is 2.32. The van der Waals surface area contributed by atoms with Crippen LogP contribution in [0.1, 0.15) is 52.9 Å². The number of carbonyl (C=O) groups is 1. The van der Waals surface area contributed by atoms with Crippen LogP contribution in [0.4, 0.5) is 11.4 Å². The number of nitrogens with two attached hydrogens (primary N) is 1. The van der Waals surface area contributed by atoms with Crippen molar-refractivity contribution in [2.24, 2.45) is 11.3 Å². The van der Waals surface area contributed by atoms with Crippen molar-refractivity contribution in [2.45, 2.75) is 58.9 Å². The van der Waals surface area contributed by atoms with E-state index in [2.05, 4.69) is 26.1 Å². The van der Waals surface area contributed by atoms with Crippen molar-refractivity contribution in [1.29, 1.82) is 0 Å². The molecule has 1 aliphatic carbocycles. The SMILES string of the molecule is C[C@@H]1C[C@H](Nc2ccc(OCCCC(=O)O)cc2N)CC(C)(C)C1. The molecule has 1 saturated carbocycles. The van der Waals surface area contributed by atoms with Crippen LogP contribution in [0.15, 0.2) is 18.2 Å². The van der Waals surface area contributed by atoms with Crippen molar-refractivity contribution in [3.05, 3.63) is 18.2 Å². The highest BCUT2D eigenvalue weighted by Crippen LogP contribution is 2.40. The van der Waals surface area contributed by atoms with Crippen molar-refractivity contribution in [2.75, 3.05) is 17.7 Å². The van der Waals surface area contributed by atoms with Crippen LogP contribution < -0.4 is 15.8 Å². The van der Waals surface area contributed by atoms with Gasteiger partial charge in [-0.25, -0.2) is 0 Å². The zero-order chi connectivity index (χ0) is 17.7. The molecule has 1 aromatic rings. The second kappa shape index (κ2) is 7.77. The fraction of sp³-hybridized carbons (Fsp3) is 0.632. The van der Waals surface area contributed by atoms with E-state index in [-0.39, 0.29) is 6.42 Å². The summed E-state index contributed by atoms with van der Waals surface area (Å²) < 4.78 is 5.56. The lowest BCUT2D eigenvalue weighted by atomic mass is 9.70. The van der Waals surface area contributed by atoms with E-state index < -0.39 is 5.97 Å². The average molecular weight is 334 g/mol. The molecule has 0 spiro atoms. The summed E-state index contributed by atoms with van der Waals surface area (Å²) in [5.74, 6) is 0.590. The van der Waals surface area contributed by atoms with Crippen LogP contribution in [0.5, 0.6) is 5.75 Å². The quantitative estimate of drug-likeness (QED) is 0.515. The van der Waals surface area contributed by atoms with Gasteiger partial charge in [-0.1, -0.05) is 20.8 Å². The third-order valence-electron chi connectivity index (χ3n) is 4.57. The van der Waals surface area contributed by atoms with Gasteiger partial charge in [0.2, 0.25) is 0 Å². The van der Waals surface area contributed by atoms with Gasteiger partial charge in [0.15, 0.2) is 0 Å². The maximum atomic E-state index is 10.5. The van der Waals surface area contributed by atoms with Gasteiger partial charge in [-0.05, 0) is 49.1 Å². The van der Waals surface area contributed by atoms with E-state index in [1.807, 2.05) is 12.1 Å². The molecule has 0 bridgehead atoms. The Morgan fingerprint density at radius 2 is 2.17 bits per heavy atom. The average Bonchev–Trinajstić information content (AvgIpc) is 2.44. The van der Waals surface area contributed by atoms with Crippen molar-refractivity contribution in [3.63, 3.8) is 0 Å². The number of hydrogen-bond acceptors (Lipinski definition) is 4. The predicted molar refractivity (Wildman–Crippen MR) is 97.4 cm³/mol. The second-order valence-electron chi connectivity index (χ2n) is 7.85. The monoisotopic (exact) mass is 334 g/mol. The Morgan fingerprint density at radius 1 is 1.42 bits per heavy atom. The molecule has 134 valence electrons. The van der Waals surface area contributed by atoms with E-state index in [1.54, 1.807) is 6.07 Å². The number of aliphatic carboxylic acids is 1. The van der Waals surface area contributed by atoms with E-state index in [0.717, 1.165) is 18.5 Å². The summed E-state index contributed by atoms with van der Waals surface area (Å²) in [6.45, 7) is 7.35. The Hall–Kier alpha value is -1.91. The molecule has 0 radical (unpaired) electrons. The number of anilines is 2. The molecule has 0 unspecified atom stereocenters. The first-order valence-corrected chi connectivity index (χ1v) is 8.76. The van der Waals surface area contributed by atoms with Gasteiger partial charge in [-0.15, -0.1) is 0 Å². The summed E-state index contributed by atoms with van der Waals surface area (Å²) in [6, 6.07) is 6.08. The molecule has 5 heteroatoms. The maximum Gasteiger partial charge on any atom is 0.303 e. The summed E-state index contributed by atoms with van der Waals surface area (Å²) in [5, 5.41) is 12.2. The van der Waals surface area contributed by atoms with Gasteiger partial charge in [0.05, 0.1) is 18.0 Å². The van der Waals surface area contributed by atoms with E-state index in [9.17, 15) is 4.79 Å². The summed E-state index contributed by atoms with van der Waals surface area (Å²) in [6.07, 6.45) is 4.18. The smallest absolute Gasteiger partial charge is 0.303 e. The van der Waals surface area contributed by atoms with Crippen LogP contribution >= 0.6 is 0 Å². The van der Waals surface area contributed by atoms with Crippen LogP contribution in [0.2, 0.25) is 0 Å². The number of nitrogens with one attached hydrogen (secondary N) is 1. The van der Waals surface area contributed by atoms with Crippen molar-refractivity contribution in [3.8, 4) is 5.75 Å². The van der Waals surface area contributed by atoms with E-state index >= 15 is 0 Å². The number of ether oxygens (including phenoxy) is 1. The molecule has 0 heterocycles. The molecule has 1 aromatic carbocycles.